The summed E-state index contributed by atoms with van der Waals surface area (Å²) in [7, 11) is 0. The summed E-state index contributed by atoms with van der Waals surface area (Å²) in [6, 6.07) is 143. The van der Waals surface area contributed by atoms with Crippen molar-refractivity contribution < 1.29 is 8.83 Å². The molecule has 0 aliphatic rings. The number of hydrogen-bond donors (Lipinski definition) is 0. The van der Waals surface area contributed by atoms with Gasteiger partial charge in [0, 0.05) is 110 Å². The summed E-state index contributed by atoms with van der Waals surface area (Å²) in [5.74, 6) is 2.59. The summed E-state index contributed by atoms with van der Waals surface area (Å²) >= 11 is 0. The zero-order valence-corrected chi connectivity index (χ0v) is 64.5. The van der Waals surface area contributed by atoms with Gasteiger partial charge in [0.1, 0.15) is 22.3 Å². The Hall–Kier alpha value is -16.4. The van der Waals surface area contributed by atoms with E-state index in [1.807, 2.05) is 97.1 Å². The molecule has 560 valence electrons. The van der Waals surface area contributed by atoms with Crippen LogP contribution in [0.1, 0.15) is 0 Å². The molecule has 8 heterocycles. The second-order valence-corrected chi connectivity index (χ2v) is 30.5. The molecule has 0 unspecified atom stereocenters. The van der Waals surface area contributed by atoms with Crippen LogP contribution in [0.3, 0.4) is 0 Å². The maximum atomic E-state index is 6.72. The van der Waals surface area contributed by atoms with Crippen LogP contribution in [0.4, 0.5) is 0 Å². The van der Waals surface area contributed by atoms with Crippen LogP contribution in [-0.4, -0.2) is 43.2 Å². The molecule has 17 aromatic carbocycles. The van der Waals surface area contributed by atoms with Crippen LogP contribution in [0.2, 0.25) is 0 Å². The van der Waals surface area contributed by atoms with Crippen molar-refractivity contribution in [3.63, 3.8) is 0 Å². The van der Waals surface area contributed by atoms with Gasteiger partial charge in [-0.15, -0.1) is 0 Å². The van der Waals surface area contributed by atoms with Crippen molar-refractivity contribution in [2.24, 2.45) is 0 Å². The van der Waals surface area contributed by atoms with E-state index in [4.69, 9.17) is 33.8 Å². The van der Waals surface area contributed by atoms with E-state index in [-0.39, 0.29) is 0 Å². The first kappa shape index (κ1) is 68.1. The van der Waals surface area contributed by atoms with Gasteiger partial charge in [0.05, 0.1) is 66.3 Å². The van der Waals surface area contributed by atoms with Gasteiger partial charge in [0.15, 0.2) is 23.3 Å². The van der Waals surface area contributed by atoms with E-state index in [0.717, 1.165) is 188 Å². The van der Waals surface area contributed by atoms with Crippen LogP contribution in [0.25, 0.3) is 233 Å². The first-order chi connectivity index (χ1) is 59.5. The SMILES string of the molecule is c1ccc(-c2cc(-c3cccc(-c4cccc(-n5c6ccccc6c6c5ccc5c7c8oc9ccccc9c8ccc7n(-c7ccccc7)c56)c4)c3)nc(-c3ccccc3)n2)cc1.c1ccc(-c2nc(-c3ccccc3)nc(-c3cccc(-n4c5ccccc5c5c4ccc4c6c7oc8ccccc8c7ccc6n(-c6ccccc6)c45)c3)n2)cc1. The van der Waals surface area contributed by atoms with Crippen LogP contribution in [0.5, 0.6) is 0 Å². The number of aromatic nitrogens is 9. The lowest BCUT2D eigenvalue weighted by Gasteiger charge is -2.12. The average molecular weight is 1530 g/mol. The van der Waals surface area contributed by atoms with Crippen LogP contribution < -0.4 is 0 Å². The minimum absolute atomic E-state index is 0.617. The smallest absolute Gasteiger partial charge is 0.164 e. The Labute approximate surface area is 687 Å². The maximum Gasteiger partial charge on any atom is 0.164 e. The molecule has 120 heavy (non-hydrogen) atoms. The number of nitrogens with zero attached hydrogens (tertiary/aromatic N) is 9. The summed E-state index contributed by atoms with van der Waals surface area (Å²) in [5, 5.41) is 13.8. The number of para-hydroxylation sites is 6. The van der Waals surface area contributed by atoms with Crippen molar-refractivity contribution in [2.45, 2.75) is 0 Å². The van der Waals surface area contributed by atoms with E-state index in [1.54, 1.807) is 0 Å². The Kier molecular flexibility index (Phi) is 15.7. The lowest BCUT2D eigenvalue weighted by molar-refractivity contribution is 0.672. The van der Waals surface area contributed by atoms with E-state index in [1.165, 1.54) is 21.5 Å². The molecule has 0 aliphatic heterocycles. The molecule has 25 rings (SSSR count). The Bertz CT molecular complexity index is 8280. The van der Waals surface area contributed by atoms with Gasteiger partial charge in [-0.25, -0.2) is 24.9 Å². The molecule has 0 bridgehead atoms. The maximum absolute atomic E-state index is 6.72. The molecule has 11 nitrogen and oxygen atoms in total. The van der Waals surface area contributed by atoms with E-state index < -0.39 is 0 Å². The molecule has 25 aromatic rings. The molecule has 0 radical (unpaired) electrons. The quantitative estimate of drug-likeness (QED) is 0.127. The molecule has 8 aromatic heterocycles. The first-order valence-corrected chi connectivity index (χ1v) is 40.4. The molecular formula is C109H67N9O2. The normalized spacial score (nSPS) is 11.8. The molecular weight excluding hydrogens is 1470 g/mol. The fourth-order valence-electron chi connectivity index (χ4n) is 18.4. The van der Waals surface area contributed by atoms with Crippen LogP contribution >= 0.6 is 0 Å². The van der Waals surface area contributed by atoms with Gasteiger partial charge >= 0.3 is 0 Å². The number of rotatable bonds is 11. The highest BCUT2D eigenvalue weighted by molar-refractivity contribution is 6.33. The van der Waals surface area contributed by atoms with Crippen LogP contribution in [-0.2, 0) is 0 Å². The van der Waals surface area contributed by atoms with E-state index >= 15 is 0 Å². The van der Waals surface area contributed by atoms with Gasteiger partial charge in [-0.1, -0.05) is 273 Å². The minimum Gasteiger partial charge on any atom is -0.455 e. The largest absolute Gasteiger partial charge is 0.455 e. The summed E-state index contributed by atoms with van der Waals surface area (Å²) in [6.45, 7) is 0. The molecule has 0 spiro atoms. The number of fused-ring (bicyclic) bond motifs is 22. The van der Waals surface area contributed by atoms with Gasteiger partial charge in [-0.3, -0.25) is 0 Å². The zero-order valence-electron chi connectivity index (χ0n) is 64.5. The predicted octanol–water partition coefficient (Wildman–Crippen LogP) is 28.2. The average Bonchev–Trinajstić information content (AvgIpc) is 1.54. The highest BCUT2D eigenvalue weighted by Crippen LogP contribution is 2.49. The van der Waals surface area contributed by atoms with E-state index in [9.17, 15) is 0 Å². The van der Waals surface area contributed by atoms with Gasteiger partial charge in [0.25, 0.3) is 0 Å². The lowest BCUT2D eigenvalue weighted by Crippen LogP contribution is -2.01. The fourth-order valence-corrected chi connectivity index (χ4v) is 18.4. The second kappa shape index (κ2) is 27.7. The fraction of sp³-hybridized carbons (Fsp3) is 0. The van der Waals surface area contributed by atoms with Gasteiger partial charge < -0.3 is 27.1 Å². The van der Waals surface area contributed by atoms with Crippen molar-refractivity contribution in [1.82, 2.24) is 43.2 Å². The zero-order chi connectivity index (χ0) is 78.9. The number of furan rings is 2. The monoisotopic (exact) mass is 1530 g/mol. The van der Waals surface area contributed by atoms with Crippen LogP contribution in [0, 0.1) is 0 Å². The molecule has 0 fully saturated rings. The summed E-state index contributed by atoms with van der Waals surface area (Å²) in [5.41, 5.74) is 26.8. The van der Waals surface area contributed by atoms with E-state index in [2.05, 4.69) is 328 Å². The Balaban J connectivity index is 0.000000137. The van der Waals surface area contributed by atoms with Crippen LogP contribution in [0.15, 0.2) is 415 Å². The first-order valence-electron chi connectivity index (χ1n) is 40.4. The summed E-state index contributed by atoms with van der Waals surface area (Å²) in [4.78, 5) is 25.2. The summed E-state index contributed by atoms with van der Waals surface area (Å²) < 4.78 is 23.0. The second-order valence-electron chi connectivity index (χ2n) is 30.5. The van der Waals surface area contributed by atoms with E-state index in [0.29, 0.717) is 23.3 Å². The molecule has 0 saturated carbocycles. The number of hydrogen-bond acceptors (Lipinski definition) is 7. The predicted molar refractivity (Wildman–Crippen MR) is 492 cm³/mol. The van der Waals surface area contributed by atoms with Crippen molar-refractivity contribution >= 4 is 131 Å². The van der Waals surface area contributed by atoms with Gasteiger partial charge in [0.2, 0.25) is 0 Å². The van der Waals surface area contributed by atoms with Gasteiger partial charge in [-0.2, -0.15) is 0 Å². The molecule has 0 amide bonds. The lowest BCUT2D eigenvalue weighted by atomic mass is 10.00. The van der Waals surface area contributed by atoms with Crippen molar-refractivity contribution in [2.75, 3.05) is 0 Å². The molecule has 0 saturated heterocycles. The third-order valence-corrected chi connectivity index (χ3v) is 23.7. The Morgan fingerprint density at radius 3 is 0.958 bits per heavy atom. The molecule has 0 atom stereocenters. The molecule has 0 N–H and O–H groups in total. The standard InChI is InChI=1S/C58H36N4O.C51H31N5O/c1-4-16-37(17-5-1)48-36-49(60-58(59-48)38-18-6-2-7-19-38)41-22-14-20-39(34-41)40-21-15-25-43(35-40)61-50-28-12-10-27-46(50)54-51(61)33-31-47-55-52(62(56(47)54)42-23-8-3-9-24-42)32-30-45-44-26-11-13-29-53(44)63-57(45)55;1-4-15-32(16-5-1)49-52-50(33-17-6-2-7-18-33)54-51(53-49)34-19-14-22-36(31-34)55-41-25-12-10-24-39(41)45-42(55)30-28-40-46-43(56(47(40)45)35-20-8-3-9-21-35)29-27-38-37-23-11-13-26-44(37)57-48(38)46/h1-36H;1-31H. The van der Waals surface area contributed by atoms with Gasteiger partial charge in [-0.05, 0) is 145 Å². The minimum atomic E-state index is 0.617. The van der Waals surface area contributed by atoms with Crippen molar-refractivity contribution in [3.05, 3.63) is 406 Å². The highest BCUT2D eigenvalue weighted by Gasteiger charge is 2.28. The third-order valence-electron chi connectivity index (χ3n) is 23.7. The Morgan fingerprint density at radius 1 is 0.175 bits per heavy atom. The number of benzene rings is 17. The Morgan fingerprint density at radius 2 is 0.492 bits per heavy atom. The van der Waals surface area contributed by atoms with Crippen molar-refractivity contribution in [1.29, 1.82) is 0 Å². The highest BCUT2D eigenvalue weighted by atomic mass is 16.3. The van der Waals surface area contributed by atoms with Crippen molar-refractivity contribution in [3.8, 4) is 102 Å². The molecule has 11 heteroatoms. The molecule has 0 aliphatic carbocycles. The third kappa shape index (κ3) is 11.0. The summed E-state index contributed by atoms with van der Waals surface area (Å²) in [6.07, 6.45) is 0. The topological polar surface area (TPSA) is 110 Å².